The number of aryl methyl sites for hydroxylation is 1. The minimum absolute atomic E-state index is 0.249. The number of fused-ring (bicyclic) bond motifs is 1. The molecule has 0 saturated heterocycles. The molecular formula is C17H20BrN5. The van der Waals surface area contributed by atoms with Gasteiger partial charge in [0.15, 0.2) is 0 Å². The summed E-state index contributed by atoms with van der Waals surface area (Å²) in [7, 11) is 6.11. The van der Waals surface area contributed by atoms with E-state index in [1.165, 1.54) is 5.56 Å². The van der Waals surface area contributed by atoms with Gasteiger partial charge in [0.05, 0.1) is 17.8 Å². The van der Waals surface area contributed by atoms with E-state index in [9.17, 15) is 0 Å². The number of likely N-dealkylation sites (N-methyl/N-ethyl adjacent to an activating group) is 1. The van der Waals surface area contributed by atoms with Crippen LogP contribution in [-0.4, -0.2) is 40.3 Å². The summed E-state index contributed by atoms with van der Waals surface area (Å²) in [5.74, 6) is 0. The second-order valence-electron chi connectivity index (χ2n) is 5.80. The zero-order valence-corrected chi connectivity index (χ0v) is 15.1. The lowest BCUT2D eigenvalue weighted by Crippen LogP contribution is -2.26. The number of hydrogen-bond acceptors (Lipinski definition) is 4. The number of nitrogens with one attached hydrogen (secondary N) is 1. The van der Waals surface area contributed by atoms with Crippen LogP contribution in [0.15, 0.2) is 47.3 Å². The van der Waals surface area contributed by atoms with E-state index >= 15 is 0 Å². The first kappa shape index (κ1) is 16.0. The first-order valence-electron chi connectivity index (χ1n) is 7.48. The molecule has 5 nitrogen and oxygen atoms in total. The second kappa shape index (κ2) is 6.68. The van der Waals surface area contributed by atoms with Crippen molar-refractivity contribution in [1.82, 2.24) is 19.7 Å². The summed E-state index contributed by atoms with van der Waals surface area (Å²) in [6.45, 7) is 0.796. The van der Waals surface area contributed by atoms with E-state index in [4.69, 9.17) is 0 Å². The van der Waals surface area contributed by atoms with Crippen LogP contribution in [-0.2, 0) is 7.05 Å². The molecule has 6 heteroatoms. The molecule has 0 amide bonds. The number of anilines is 1. The summed E-state index contributed by atoms with van der Waals surface area (Å²) in [6.07, 6.45) is 5.82. The average Bonchev–Trinajstić information content (AvgIpc) is 2.94. The number of rotatable bonds is 5. The van der Waals surface area contributed by atoms with E-state index < -0.39 is 0 Å². The third kappa shape index (κ3) is 3.38. The van der Waals surface area contributed by atoms with Crippen molar-refractivity contribution in [3.8, 4) is 0 Å². The maximum Gasteiger partial charge on any atom is 0.0864 e. The lowest BCUT2D eigenvalue weighted by atomic mass is 10.1. The Labute approximate surface area is 144 Å². The third-order valence-corrected chi connectivity index (χ3v) is 4.58. The molecule has 0 fully saturated rings. The van der Waals surface area contributed by atoms with Crippen molar-refractivity contribution in [2.75, 3.05) is 26.0 Å². The van der Waals surface area contributed by atoms with Crippen molar-refractivity contribution in [3.63, 3.8) is 0 Å². The van der Waals surface area contributed by atoms with Crippen molar-refractivity contribution >= 4 is 32.5 Å². The lowest BCUT2D eigenvalue weighted by Gasteiger charge is -2.24. The van der Waals surface area contributed by atoms with Crippen LogP contribution in [0.5, 0.6) is 0 Å². The number of benzene rings is 1. The quantitative estimate of drug-likeness (QED) is 0.743. The standard InChI is InChI=1S/C17H20BrN5/c1-22(2)16(12-9-21-23(3)11-12)10-20-15-7-8-19-17-13(15)5-4-6-14(17)18/h4-9,11,16H,10H2,1-3H3,(H,19,20). The largest absolute Gasteiger partial charge is 0.383 e. The van der Waals surface area contributed by atoms with Gasteiger partial charge in [0.2, 0.25) is 0 Å². The molecule has 1 unspecified atom stereocenters. The van der Waals surface area contributed by atoms with E-state index in [-0.39, 0.29) is 6.04 Å². The van der Waals surface area contributed by atoms with E-state index in [1.807, 2.05) is 42.3 Å². The molecule has 1 atom stereocenters. The van der Waals surface area contributed by atoms with Crippen LogP contribution < -0.4 is 5.32 Å². The molecule has 23 heavy (non-hydrogen) atoms. The zero-order valence-electron chi connectivity index (χ0n) is 13.5. The number of nitrogens with zero attached hydrogens (tertiary/aromatic N) is 4. The van der Waals surface area contributed by atoms with Crippen LogP contribution >= 0.6 is 15.9 Å². The highest BCUT2D eigenvalue weighted by Crippen LogP contribution is 2.28. The van der Waals surface area contributed by atoms with Gasteiger partial charge >= 0.3 is 0 Å². The van der Waals surface area contributed by atoms with Gasteiger partial charge in [-0.1, -0.05) is 12.1 Å². The highest BCUT2D eigenvalue weighted by molar-refractivity contribution is 9.10. The minimum Gasteiger partial charge on any atom is -0.383 e. The zero-order chi connectivity index (χ0) is 16.4. The van der Waals surface area contributed by atoms with Gasteiger partial charge in [-0.25, -0.2) is 0 Å². The van der Waals surface area contributed by atoms with Crippen molar-refractivity contribution in [2.24, 2.45) is 7.05 Å². The smallest absolute Gasteiger partial charge is 0.0864 e. The molecule has 3 aromatic rings. The van der Waals surface area contributed by atoms with E-state index in [0.29, 0.717) is 0 Å². The third-order valence-electron chi connectivity index (χ3n) is 3.94. The van der Waals surface area contributed by atoms with Gasteiger partial charge in [0.25, 0.3) is 0 Å². The second-order valence-corrected chi connectivity index (χ2v) is 6.66. The molecule has 2 heterocycles. The Morgan fingerprint density at radius 3 is 2.83 bits per heavy atom. The summed E-state index contributed by atoms with van der Waals surface area (Å²) < 4.78 is 2.85. The Morgan fingerprint density at radius 1 is 1.30 bits per heavy atom. The van der Waals surface area contributed by atoms with E-state index in [0.717, 1.165) is 27.6 Å². The molecule has 0 saturated carbocycles. The molecule has 2 aromatic heterocycles. The molecule has 3 rings (SSSR count). The molecule has 0 spiro atoms. The van der Waals surface area contributed by atoms with Gasteiger partial charge < -0.3 is 10.2 Å². The van der Waals surface area contributed by atoms with Gasteiger partial charge in [0.1, 0.15) is 0 Å². The maximum atomic E-state index is 4.45. The SMILES string of the molecule is CN(C)C(CNc1ccnc2c(Br)cccc12)c1cnn(C)c1. The minimum atomic E-state index is 0.249. The van der Waals surface area contributed by atoms with Crippen LogP contribution in [0.3, 0.4) is 0 Å². The number of halogens is 1. The molecule has 0 aliphatic carbocycles. The Morgan fingerprint density at radius 2 is 2.13 bits per heavy atom. The predicted molar refractivity (Wildman–Crippen MR) is 97.6 cm³/mol. The van der Waals surface area contributed by atoms with Crippen molar-refractivity contribution < 1.29 is 0 Å². The predicted octanol–water partition coefficient (Wildman–Crippen LogP) is 3.45. The molecule has 1 aromatic carbocycles. The summed E-state index contributed by atoms with van der Waals surface area (Å²) in [5.41, 5.74) is 3.26. The Kier molecular flexibility index (Phi) is 4.63. The molecule has 0 aliphatic heterocycles. The fourth-order valence-corrected chi connectivity index (χ4v) is 3.18. The Balaban J connectivity index is 1.86. The number of pyridine rings is 1. The van der Waals surface area contributed by atoms with E-state index in [1.54, 1.807) is 0 Å². The fourth-order valence-electron chi connectivity index (χ4n) is 2.71. The van der Waals surface area contributed by atoms with Crippen molar-refractivity contribution in [1.29, 1.82) is 0 Å². The highest BCUT2D eigenvalue weighted by atomic mass is 79.9. The summed E-state index contributed by atoms with van der Waals surface area (Å²) in [4.78, 5) is 6.65. The first-order valence-corrected chi connectivity index (χ1v) is 8.27. The Bertz CT molecular complexity index is 812. The van der Waals surface area contributed by atoms with Crippen LogP contribution in [0.2, 0.25) is 0 Å². The van der Waals surface area contributed by atoms with Crippen LogP contribution in [0.25, 0.3) is 10.9 Å². The van der Waals surface area contributed by atoms with Gasteiger partial charge in [-0.15, -0.1) is 0 Å². The van der Waals surface area contributed by atoms with Gasteiger partial charge in [0, 0.05) is 47.1 Å². The number of hydrogen-bond donors (Lipinski definition) is 1. The normalized spacial score (nSPS) is 12.7. The summed E-state index contributed by atoms with van der Waals surface area (Å²) in [6, 6.07) is 8.40. The molecule has 1 N–H and O–H groups in total. The topological polar surface area (TPSA) is 46.0 Å². The van der Waals surface area contributed by atoms with Crippen molar-refractivity contribution in [3.05, 3.63) is 52.9 Å². The van der Waals surface area contributed by atoms with Crippen LogP contribution in [0.1, 0.15) is 11.6 Å². The van der Waals surface area contributed by atoms with Gasteiger partial charge in [-0.05, 0) is 42.2 Å². The van der Waals surface area contributed by atoms with E-state index in [2.05, 4.69) is 62.6 Å². The number of aromatic nitrogens is 3. The van der Waals surface area contributed by atoms with Gasteiger partial charge in [-0.2, -0.15) is 5.10 Å². The average molecular weight is 374 g/mol. The Hall–Kier alpha value is -1.92. The fraction of sp³-hybridized carbons (Fsp3) is 0.294. The number of para-hydroxylation sites is 1. The van der Waals surface area contributed by atoms with Crippen LogP contribution in [0, 0.1) is 0 Å². The summed E-state index contributed by atoms with van der Waals surface area (Å²) in [5, 5.41) is 8.96. The molecule has 0 aliphatic rings. The molecular weight excluding hydrogens is 354 g/mol. The monoisotopic (exact) mass is 373 g/mol. The first-order chi connectivity index (χ1) is 11.1. The van der Waals surface area contributed by atoms with Crippen molar-refractivity contribution in [2.45, 2.75) is 6.04 Å². The molecule has 0 bridgehead atoms. The molecule has 120 valence electrons. The molecule has 0 radical (unpaired) electrons. The highest BCUT2D eigenvalue weighted by Gasteiger charge is 2.16. The lowest BCUT2D eigenvalue weighted by molar-refractivity contribution is 0.312. The van der Waals surface area contributed by atoms with Gasteiger partial charge in [-0.3, -0.25) is 9.67 Å². The summed E-state index contributed by atoms with van der Waals surface area (Å²) >= 11 is 3.56. The van der Waals surface area contributed by atoms with Crippen LogP contribution in [0.4, 0.5) is 5.69 Å². The maximum absolute atomic E-state index is 4.45.